The largest absolute Gasteiger partial charge is 0.381 e. The molecular formula is C10H21ClN2O2. The van der Waals surface area contributed by atoms with E-state index in [9.17, 15) is 4.79 Å². The molecule has 1 unspecified atom stereocenters. The molecule has 1 rings (SSSR count). The van der Waals surface area contributed by atoms with Crippen molar-refractivity contribution in [1.82, 2.24) is 5.32 Å². The summed E-state index contributed by atoms with van der Waals surface area (Å²) in [5.74, 6) is 0.481. The summed E-state index contributed by atoms with van der Waals surface area (Å²) in [6.45, 7) is 5.83. The smallest absolute Gasteiger partial charge is 0.220 e. The van der Waals surface area contributed by atoms with Crippen LogP contribution < -0.4 is 11.1 Å². The van der Waals surface area contributed by atoms with Crippen LogP contribution in [0.5, 0.6) is 0 Å². The van der Waals surface area contributed by atoms with E-state index in [1.807, 2.05) is 13.8 Å². The summed E-state index contributed by atoms with van der Waals surface area (Å²) in [5, 5.41) is 2.83. The monoisotopic (exact) mass is 236 g/mol. The van der Waals surface area contributed by atoms with Crippen LogP contribution in [0.25, 0.3) is 0 Å². The quantitative estimate of drug-likeness (QED) is 0.755. The molecule has 1 saturated heterocycles. The van der Waals surface area contributed by atoms with Gasteiger partial charge < -0.3 is 15.8 Å². The van der Waals surface area contributed by atoms with E-state index in [0.717, 1.165) is 19.6 Å². The van der Waals surface area contributed by atoms with Crippen LogP contribution in [0.2, 0.25) is 0 Å². The SMILES string of the molecule is CC(C)(N)CNC(=O)CC1CCOC1.Cl. The first-order valence-electron chi connectivity index (χ1n) is 5.11. The molecule has 1 atom stereocenters. The zero-order chi connectivity index (χ0) is 10.6. The Morgan fingerprint density at radius 3 is 2.73 bits per heavy atom. The van der Waals surface area contributed by atoms with Crippen molar-refractivity contribution in [3.8, 4) is 0 Å². The van der Waals surface area contributed by atoms with Crippen molar-refractivity contribution in [3.05, 3.63) is 0 Å². The maximum atomic E-state index is 11.4. The first-order valence-corrected chi connectivity index (χ1v) is 5.11. The molecule has 1 fully saturated rings. The van der Waals surface area contributed by atoms with Crippen LogP contribution in [0, 0.1) is 5.92 Å². The summed E-state index contributed by atoms with van der Waals surface area (Å²) in [4.78, 5) is 11.4. The molecule has 1 heterocycles. The van der Waals surface area contributed by atoms with Gasteiger partial charge in [-0.2, -0.15) is 0 Å². The molecule has 0 aromatic rings. The topological polar surface area (TPSA) is 64.3 Å². The van der Waals surface area contributed by atoms with Gasteiger partial charge in [0.05, 0.1) is 0 Å². The molecule has 0 saturated carbocycles. The lowest BCUT2D eigenvalue weighted by atomic mass is 10.0. The Morgan fingerprint density at radius 2 is 2.27 bits per heavy atom. The molecular weight excluding hydrogens is 216 g/mol. The van der Waals surface area contributed by atoms with Gasteiger partial charge in [0.2, 0.25) is 5.91 Å². The normalized spacial score (nSPS) is 20.9. The molecule has 4 nitrogen and oxygen atoms in total. The number of rotatable bonds is 4. The number of hydrogen-bond acceptors (Lipinski definition) is 3. The van der Waals surface area contributed by atoms with Crippen molar-refractivity contribution in [1.29, 1.82) is 0 Å². The Hall–Kier alpha value is -0.320. The van der Waals surface area contributed by atoms with Gasteiger partial charge in [-0.15, -0.1) is 12.4 Å². The van der Waals surface area contributed by atoms with Crippen LogP contribution in [0.4, 0.5) is 0 Å². The van der Waals surface area contributed by atoms with Crippen molar-refractivity contribution >= 4 is 18.3 Å². The average molecular weight is 237 g/mol. The fraction of sp³-hybridized carbons (Fsp3) is 0.900. The lowest BCUT2D eigenvalue weighted by molar-refractivity contribution is -0.122. The number of carbonyl (C=O) groups excluding carboxylic acids is 1. The Morgan fingerprint density at radius 1 is 1.60 bits per heavy atom. The molecule has 0 spiro atoms. The number of ether oxygens (including phenoxy) is 1. The first kappa shape index (κ1) is 14.7. The molecule has 1 amide bonds. The second-order valence-corrected chi connectivity index (χ2v) is 4.70. The van der Waals surface area contributed by atoms with Crippen molar-refractivity contribution in [2.75, 3.05) is 19.8 Å². The summed E-state index contributed by atoms with van der Waals surface area (Å²) >= 11 is 0. The van der Waals surface area contributed by atoms with Crippen LogP contribution in [0.3, 0.4) is 0 Å². The number of nitrogens with two attached hydrogens (primary N) is 1. The Bertz CT molecular complexity index is 198. The average Bonchev–Trinajstić information content (AvgIpc) is 2.52. The van der Waals surface area contributed by atoms with Gasteiger partial charge in [0.25, 0.3) is 0 Å². The summed E-state index contributed by atoms with van der Waals surface area (Å²) in [7, 11) is 0. The van der Waals surface area contributed by atoms with Gasteiger partial charge in [0.15, 0.2) is 0 Å². The van der Waals surface area contributed by atoms with Crippen molar-refractivity contribution in [2.24, 2.45) is 11.7 Å². The van der Waals surface area contributed by atoms with Gasteiger partial charge in [-0.3, -0.25) is 4.79 Å². The zero-order valence-corrected chi connectivity index (χ0v) is 10.2. The molecule has 15 heavy (non-hydrogen) atoms. The van der Waals surface area contributed by atoms with E-state index >= 15 is 0 Å². The van der Waals surface area contributed by atoms with Gasteiger partial charge >= 0.3 is 0 Å². The Balaban J connectivity index is 0.00000196. The van der Waals surface area contributed by atoms with E-state index in [4.69, 9.17) is 10.5 Å². The zero-order valence-electron chi connectivity index (χ0n) is 9.41. The molecule has 5 heteroatoms. The second kappa shape index (κ2) is 6.30. The second-order valence-electron chi connectivity index (χ2n) is 4.70. The predicted octanol–water partition coefficient (Wildman–Crippen LogP) is 0.688. The lowest BCUT2D eigenvalue weighted by Crippen LogP contribution is -2.45. The number of nitrogens with one attached hydrogen (secondary N) is 1. The fourth-order valence-electron chi connectivity index (χ4n) is 1.41. The highest BCUT2D eigenvalue weighted by molar-refractivity contribution is 5.85. The molecule has 0 aromatic heterocycles. The van der Waals surface area contributed by atoms with Crippen molar-refractivity contribution in [3.63, 3.8) is 0 Å². The molecule has 0 radical (unpaired) electrons. The highest BCUT2D eigenvalue weighted by Crippen LogP contribution is 2.15. The van der Waals surface area contributed by atoms with Gasteiger partial charge in [0.1, 0.15) is 0 Å². The molecule has 0 aromatic carbocycles. The minimum Gasteiger partial charge on any atom is -0.381 e. The standard InChI is InChI=1S/C10H20N2O2.ClH/c1-10(2,11)7-12-9(13)5-8-3-4-14-6-8;/h8H,3-7,11H2,1-2H3,(H,12,13);1H. The van der Waals surface area contributed by atoms with E-state index < -0.39 is 0 Å². The molecule has 0 aliphatic carbocycles. The van der Waals surface area contributed by atoms with E-state index in [2.05, 4.69) is 5.32 Å². The maximum absolute atomic E-state index is 11.4. The summed E-state index contributed by atoms with van der Waals surface area (Å²) in [6, 6.07) is 0. The summed E-state index contributed by atoms with van der Waals surface area (Å²) in [5.41, 5.74) is 5.42. The van der Waals surface area contributed by atoms with Crippen LogP contribution in [0.15, 0.2) is 0 Å². The van der Waals surface area contributed by atoms with Gasteiger partial charge in [-0.05, 0) is 26.2 Å². The number of carbonyl (C=O) groups is 1. The van der Waals surface area contributed by atoms with Gasteiger partial charge in [0, 0.05) is 31.7 Å². The fourth-order valence-corrected chi connectivity index (χ4v) is 1.41. The molecule has 1 aliphatic heterocycles. The third-order valence-corrected chi connectivity index (χ3v) is 2.24. The van der Waals surface area contributed by atoms with Gasteiger partial charge in [-0.25, -0.2) is 0 Å². The Kier molecular flexibility index (Phi) is 6.17. The van der Waals surface area contributed by atoms with Crippen molar-refractivity contribution < 1.29 is 9.53 Å². The van der Waals surface area contributed by atoms with E-state index in [1.165, 1.54) is 0 Å². The summed E-state index contributed by atoms with van der Waals surface area (Å²) in [6.07, 6.45) is 1.56. The lowest BCUT2D eigenvalue weighted by Gasteiger charge is -2.19. The van der Waals surface area contributed by atoms with Crippen molar-refractivity contribution in [2.45, 2.75) is 32.2 Å². The maximum Gasteiger partial charge on any atom is 0.220 e. The van der Waals surface area contributed by atoms with Crippen LogP contribution >= 0.6 is 12.4 Å². The molecule has 0 bridgehead atoms. The molecule has 3 N–H and O–H groups in total. The third-order valence-electron chi connectivity index (χ3n) is 2.24. The summed E-state index contributed by atoms with van der Waals surface area (Å²) < 4.78 is 5.20. The molecule has 1 aliphatic rings. The minimum absolute atomic E-state index is 0. The van der Waals surface area contributed by atoms with Crippen LogP contribution in [-0.4, -0.2) is 31.2 Å². The van der Waals surface area contributed by atoms with Crippen LogP contribution in [0.1, 0.15) is 26.7 Å². The number of halogens is 1. The molecule has 90 valence electrons. The van der Waals surface area contributed by atoms with Crippen LogP contribution in [-0.2, 0) is 9.53 Å². The number of hydrogen-bond donors (Lipinski definition) is 2. The van der Waals surface area contributed by atoms with E-state index in [0.29, 0.717) is 18.9 Å². The Labute approximate surface area is 97.3 Å². The van der Waals surface area contributed by atoms with Gasteiger partial charge in [-0.1, -0.05) is 0 Å². The van der Waals surface area contributed by atoms with E-state index in [-0.39, 0.29) is 23.9 Å². The first-order chi connectivity index (χ1) is 6.47. The highest BCUT2D eigenvalue weighted by atomic mass is 35.5. The minimum atomic E-state index is -0.332. The van der Waals surface area contributed by atoms with E-state index in [1.54, 1.807) is 0 Å². The predicted molar refractivity (Wildman–Crippen MR) is 62.1 cm³/mol. The number of amides is 1. The highest BCUT2D eigenvalue weighted by Gasteiger charge is 2.20. The third kappa shape index (κ3) is 6.71.